The van der Waals surface area contributed by atoms with Gasteiger partial charge in [0.2, 0.25) is 0 Å². The number of aromatic amines is 1. The molecule has 1 N–H and O–H groups in total. The number of hydrogen-bond donors (Lipinski definition) is 1. The summed E-state index contributed by atoms with van der Waals surface area (Å²) in [5.74, 6) is 0.787. The Morgan fingerprint density at radius 3 is 2.61 bits per heavy atom. The second-order valence-corrected chi connectivity index (χ2v) is 8.10. The first-order chi connectivity index (χ1) is 13.6. The molecule has 0 aliphatic heterocycles. The molecule has 2 aromatic heterocycles. The van der Waals surface area contributed by atoms with Crippen LogP contribution in [0.5, 0.6) is 5.75 Å². The van der Waals surface area contributed by atoms with Crippen LogP contribution in [0.1, 0.15) is 27.2 Å². The Morgan fingerprint density at radius 1 is 1.14 bits per heavy atom. The lowest BCUT2D eigenvalue weighted by molar-refractivity contribution is 0.340. The van der Waals surface area contributed by atoms with Crippen LogP contribution in [0.4, 0.5) is 0 Å². The van der Waals surface area contributed by atoms with Crippen LogP contribution < -0.4 is 10.3 Å². The second-order valence-electron chi connectivity index (χ2n) is 6.69. The number of ether oxygens (including phenoxy) is 1. The van der Waals surface area contributed by atoms with Crippen molar-refractivity contribution in [2.75, 3.05) is 6.61 Å². The third-order valence-electron chi connectivity index (χ3n) is 4.78. The average Bonchev–Trinajstić information content (AvgIpc) is 3.08. The van der Waals surface area contributed by atoms with Crippen molar-refractivity contribution in [3.05, 3.63) is 58.9 Å². The number of para-hydroxylation sites is 1. The lowest BCUT2D eigenvalue weighted by atomic mass is 10.2. The van der Waals surface area contributed by atoms with Crippen LogP contribution >= 0.6 is 11.8 Å². The Bertz CT molecular complexity index is 1180. The normalized spacial score (nSPS) is 12.5. The molecule has 4 aromatic rings. The molecular formula is C22H23N3O2S. The molecule has 0 fully saturated rings. The summed E-state index contributed by atoms with van der Waals surface area (Å²) in [6.07, 6.45) is 0.996. The van der Waals surface area contributed by atoms with Gasteiger partial charge in [-0.2, -0.15) is 0 Å². The lowest BCUT2D eigenvalue weighted by Gasteiger charge is -2.15. The van der Waals surface area contributed by atoms with Gasteiger partial charge in [-0.25, -0.2) is 4.98 Å². The van der Waals surface area contributed by atoms with E-state index < -0.39 is 0 Å². The highest BCUT2D eigenvalue weighted by atomic mass is 32.2. The van der Waals surface area contributed by atoms with Crippen LogP contribution in [0.15, 0.2) is 58.5 Å². The Balaban J connectivity index is 1.96. The highest BCUT2D eigenvalue weighted by molar-refractivity contribution is 7.99. The molecule has 2 heterocycles. The molecule has 0 amide bonds. The van der Waals surface area contributed by atoms with Gasteiger partial charge in [-0.05, 0) is 43.7 Å². The van der Waals surface area contributed by atoms with Gasteiger partial charge >= 0.3 is 0 Å². The van der Waals surface area contributed by atoms with Crippen molar-refractivity contribution >= 4 is 33.7 Å². The third-order valence-corrected chi connectivity index (χ3v) is 6.00. The van der Waals surface area contributed by atoms with E-state index in [1.807, 2.05) is 55.5 Å². The monoisotopic (exact) mass is 393 g/mol. The maximum Gasteiger partial charge on any atom is 0.283 e. The van der Waals surface area contributed by atoms with E-state index in [4.69, 9.17) is 9.72 Å². The fourth-order valence-corrected chi connectivity index (χ4v) is 4.13. The van der Waals surface area contributed by atoms with Crippen molar-refractivity contribution in [2.45, 2.75) is 37.6 Å². The van der Waals surface area contributed by atoms with Crippen LogP contribution in [0.2, 0.25) is 0 Å². The van der Waals surface area contributed by atoms with Crippen molar-refractivity contribution in [1.29, 1.82) is 0 Å². The number of H-pyrrole nitrogens is 1. The maximum atomic E-state index is 13.4. The molecule has 0 saturated carbocycles. The Hall–Kier alpha value is -2.73. The van der Waals surface area contributed by atoms with Gasteiger partial charge in [-0.15, -0.1) is 0 Å². The Kier molecular flexibility index (Phi) is 5.13. The van der Waals surface area contributed by atoms with E-state index in [9.17, 15) is 4.79 Å². The number of nitrogens with one attached hydrogen (secondary N) is 1. The summed E-state index contributed by atoms with van der Waals surface area (Å²) in [6.45, 7) is 6.85. The number of aromatic nitrogens is 3. The van der Waals surface area contributed by atoms with Crippen LogP contribution in [-0.4, -0.2) is 26.4 Å². The predicted octanol–water partition coefficient (Wildman–Crippen LogP) is 5.16. The molecular weight excluding hydrogens is 370 g/mol. The van der Waals surface area contributed by atoms with Gasteiger partial charge in [0.15, 0.2) is 5.16 Å². The molecule has 6 heteroatoms. The van der Waals surface area contributed by atoms with Crippen LogP contribution in [-0.2, 0) is 0 Å². The van der Waals surface area contributed by atoms with Gasteiger partial charge in [0, 0.05) is 16.2 Å². The molecule has 1 atom stereocenters. The highest BCUT2D eigenvalue weighted by Gasteiger charge is 2.18. The standard InChI is InChI=1S/C22H23N3O2S/c1-4-14(3)28-22-24-19-17-8-6-7-9-18(17)23-20(19)21(26)25(22)15-10-12-16(13-11-15)27-5-2/h6-14,23H,4-5H2,1-3H3. The zero-order chi connectivity index (χ0) is 19.7. The number of thioether (sulfide) groups is 1. The van der Waals surface area contributed by atoms with Gasteiger partial charge in [0.1, 0.15) is 16.8 Å². The molecule has 0 spiro atoms. The quantitative estimate of drug-likeness (QED) is 0.363. The third kappa shape index (κ3) is 3.29. The van der Waals surface area contributed by atoms with E-state index in [1.165, 1.54) is 0 Å². The topological polar surface area (TPSA) is 59.9 Å². The summed E-state index contributed by atoms with van der Waals surface area (Å²) in [7, 11) is 0. The number of hydrogen-bond acceptors (Lipinski definition) is 4. The smallest absolute Gasteiger partial charge is 0.283 e. The Labute approximate surface area is 167 Å². The molecule has 28 heavy (non-hydrogen) atoms. The lowest BCUT2D eigenvalue weighted by Crippen LogP contribution is -2.22. The first-order valence-corrected chi connectivity index (χ1v) is 10.4. The molecule has 1 unspecified atom stereocenters. The Morgan fingerprint density at radius 2 is 1.89 bits per heavy atom. The number of fused-ring (bicyclic) bond motifs is 3. The second kappa shape index (κ2) is 7.72. The molecule has 5 nitrogen and oxygen atoms in total. The van der Waals surface area contributed by atoms with Crippen LogP contribution in [0.25, 0.3) is 27.6 Å². The summed E-state index contributed by atoms with van der Waals surface area (Å²) < 4.78 is 7.23. The van der Waals surface area contributed by atoms with Crippen molar-refractivity contribution < 1.29 is 4.74 Å². The van der Waals surface area contributed by atoms with Gasteiger partial charge in [-0.3, -0.25) is 9.36 Å². The van der Waals surface area contributed by atoms with E-state index in [0.29, 0.717) is 22.5 Å². The number of rotatable bonds is 6. The number of nitrogens with zero attached hydrogens (tertiary/aromatic N) is 2. The average molecular weight is 394 g/mol. The van der Waals surface area contributed by atoms with Gasteiger partial charge in [-0.1, -0.05) is 43.8 Å². The van der Waals surface area contributed by atoms with E-state index in [2.05, 4.69) is 18.8 Å². The summed E-state index contributed by atoms with van der Waals surface area (Å²) in [5, 5.41) is 2.03. The SMILES string of the molecule is CCOc1ccc(-n2c(SC(C)CC)nc3c([nH]c4ccccc43)c2=O)cc1. The van der Waals surface area contributed by atoms with Crippen molar-refractivity contribution in [3.8, 4) is 11.4 Å². The van der Waals surface area contributed by atoms with Gasteiger partial charge < -0.3 is 9.72 Å². The largest absolute Gasteiger partial charge is 0.494 e. The molecule has 144 valence electrons. The van der Waals surface area contributed by atoms with Crippen molar-refractivity contribution in [2.24, 2.45) is 0 Å². The molecule has 0 radical (unpaired) electrons. The fourth-order valence-electron chi connectivity index (χ4n) is 3.17. The first-order valence-electron chi connectivity index (χ1n) is 9.55. The minimum Gasteiger partial charge on any atom is -0.494 e. The van der Waals surface area contributed by atoms with E-state index in [1.54, 1.807) is 16.3 Å². The molecule has 4 rings (SSSR count). The van der Waals surface area contributed by atoms with Gasteiger partial charge in [0.05, 0.1) is 12.3 Å². The fraction of sp³-hybridized carbons (Fsp3) is 0.273. The summed E-state index contributed by atoms with van der Waals surface area (Å²) in [4.78, 5) is 21.6. The van der Waals surface area contributed by atoms with E-state index in [0.717, 1.165) is 34.3 Å². The molecule has 2 aromatic carbocycles. The molecule has 0 saturated heterocycles. The van der Waals surface area contributed by atoms with Crippen molar-refractivity contribution in [1.82, 2.24) is 14.5 Å². The zero-order valence-electron chi connectivity index (χ0n) is 16.2. The summed E-state index contributed by atoms with van der Waals surface area (Å²) >= 11 is 1.63. The minimum absolute atomic E-state index is 0.0869. The summed E-state index contributed by atoms with van der Waals surface area (Å²) in [6, 6.07) is 15.5. The first kappa shape index (κ1) is 18.6. The predicted molar refractivity (Wildman–Crippen MR) is 116 cm³/mol. The zero-order valence-corrected chi connectivity index (χ0v) is 17.0. The molecule has 0 bridgehead atoms. The molecule has 0 aliphatic rings. The molecule has 0 aliphatic carbocycles. The van der Waals surface area contributed by atoms with Gasteiger partial charge in [0.25, 0.3) is 5.56 Å². The van der Waals surface area contributed by atoms with E-state index in [-0.39, 0.29) is 5.56 Å². The maximum absolute atomic E-state index is 13.4. The van der Waals surface area contributed by atoms with E-state index >= 15 is 0 Å². The highest BCUT2D eigenvalue weighted by Crippen LogP contribution is 2.29. The number of benzene rings is 2. The van der Waals surface area contributed by atoms with Crippen LogP contribution in [0, 0.1) is 0 Å². The summed E-state index contributed by atoms with van der Waals surface area (Å²) in [5.41, 5.74) is 2.88. The van der Waals surface area contributed by atoms with Crippen LogP contribution in [0.3, 0.4) is 0 Å². The minimum atomic E-state index is -0.0869. The van der Waals surface area contributed by atoms with Crippen molar-refractivity contribution in [3.63, 3.8) is 0 Å².